The Kier molecular flexibility index (Phi) is 3.59. The number of amides is 2. The second-order valence-corrected chi connectivity index (χ2v) is 5.40. The maximum absolute atomic E-state index is 13.6. The highest BCUT2D eigenvalue weighted by Gasteiger charge is 2.30. The van der Waals surface area contributed by atoms with Gasteiger partial charge in [0.2, 0.25) is 11.8 Å². The molecule has 0 aliphatic carbocycles. The number of hydrogen-bond acceptors (Lipinski definition) is 5. The highest BCUT2D eigenvalue weighted by molar-refractivity contribution is 5.99. The molecular formula is C15H15FN4O3. The van der Waals surface area contributed by atoms with Crippen LogP contribution >= 0.6 is 0 Å². The molecule has 1 aromatic heterocycles. The molecule has 1 aliphatic rings. The van der Waals surface area contributed by atoms with Gasteiger partial charge in [0.25, 0.3) is 5.56 Å². The molecule has 2 aromatic rings. The van der Waals surface area contributed by atoms with E-state index in [1.54, 1.807) is 14.0 Å². The van der Waals surface area contributed by atoms with Gasteiger partial charge in [-0.05, 0) is 19.4 Å². The van der Waals surface area contributed by atoms with Gasteiger partial charge in [0.1, 0.15) is 17.7 Å². The number of carbonyl (C=O) groups is 2. The number of nitrogens with zero attached hydrogens (tertiary/aromatic N) is 2. The van der Waals surface area contributed by atoms with Gasteiger partial charge >= 0.3 is 0 Å². The van der Waals surface area contributed by atoms with E-state index in [0.717, 1.165) is 0 Å². The van der Waals surface area contributed by atoms with Crippen LogP contribution in [0.1, 0.15) is 24.7 Å². The van der Waals surface area contributed by atoms with Gasteiger partial charge < -0.3 is 5.32 Å². The van der Waals surface area contributed by atoms with Crippen molar-refractivity contribution < 1.29 is 14.0 Å². The molecule has 1 aliphatic heterocycles. The Morgan fingerprint density at radius 2 is 2.09 bits per heavy atom. The third kappa shape index (κ3) is 2.45. The van der Waals surface area contributed by atoms with Crippen molar-refractivity contribution in [1.29, 1.82) is 0 Å². The maximum Gasteiger partial charge on any atom is 0.264 e. The Balaban J connectivity index is 2.26. The Hall–Kier alpha value is -2.77. The predicted octanol–water partition coefficient (Wildman–Crippen LogP) is 0.863. The van der Waals surface area contributed by atoms with E-state index >= 15 is 0 Å². The van der Waals surface area contributed by atoms with Crippen LogP contribution in [0.15, 0.2) is 16.9 Å². The van der Waals surface area contributed by atoms with E-state index in [4.69, 9.17) is 0 Å². The van der Waals surface area contributed by atoms with Crippen LogP contribution in [-0.4, -0.2) is 28.4 Å². The standard InChI is InChI=1S/C15H15FN4O3/c1-7-18-10-6-8(16)5-9(17-2)13(10)15(23)20(7)11-3-4-12(21)19-14(11)22/h5-6,11,17H,3-4H2,1-2H3,(H,19,21,22)/t11-/m0/s1. The Morgan fingerprint density at radius 1 is 1.35 bits per heavy atom. The zero-order valence-corrected chi connectivity index (χ0v) is 12.6. The fraction of sp³-hybridized carbons (Fsp3) is 0.333. The minimum atomic E-state index is -0.799. The summed E-state index contributed by atoms with van der Waals surface area (Å²) in [6, 6.07) is 1.58. The van der Waals surface area contributed by atoms with E-state index in [1.807, 2.05) is 0 Å². The van der Waals surface area contributed by atoms with E-state index < -0.39 is 23.3 Å². The highest BCUT2D eigenvalue weighted by Crippen LogP contribution is 2.24. The molecule has 1 atom stereocenters. The predicted molar refractivity (Wildman–Crippen MR) is 81.7 cm³/mol. The Morgan fingerprint density at radius 3 is 2.74 bits per heavy atom. The number of carbonyl (C=O) groups excluding carboxylic acids is 2. The summed E-state index contributed by atoms with van der Waals surface area (Å²) in [6.45, 7) is 1.58. The number of piperidine rings is 1. The van der Waals surface area contributed by atoms with Crippen molar-refractivity contribution in [2.24, 2.45) is 0 Å². The summed E-state index contributed by atoms with van der Waals surface area (Å²) in [5.74, 6) is -1.10. The lowest BCUT2D eigenvalue weighted by Gasteiger charge is -2.24. The number of nitrogens with one attached hydrogen (secondary N) is 2. The van der Waals surface area contributed by atoms with E-state index in [9.17, 15) is 18.8 Å². The Bertz CT molecular complexity index is 890. The van der Waals surface area contributed by atoms with Crippen LogP contribution in [0.3, 0.4) is 0 Å². The van der Waals surface area contributed by atoms with Gasteiger partial charge in [-0.15, -0.1) is 0 Å². The molecule has 0 saturated carbocycles. The molecule has 7 nitrogen and oxygen atoms in total. The lowest BCUT2D eigenvalue weighted by Crippen LogP contribution is -2.45. The van der Waals surface area contributed by atoms with Gasteiger partial charge in [0, 0.05) is 19.5 Å². The van der Waals surface area contributed by atoms with Crippen LogP contribution in [0.25, 0.3) is 10.9 Å². The van der Waals surface area contributed by atoms with Crippen molar-refractivity contribution in [3.63, 3.8) is 0 Å². The van der Waals surface area contributed by atoms with Gasteiger partial charge in [0.15, 0.2) is 0 Å². The van der Waals surface area contributed by atoms with Crippen LogP contribution in [0, 0.1) is 12.7 Å². The normalized spacial score (nSPS) is 18.1. The first kappa shape index (κ1) is 15.1. The number of aryl methyl sites for hydroxylation is 1. The van der Waals surface area contributed by atoms with Crippen molar-refractivity contribution in [1.82, 2.24) is 14.9 Å². The number of rotatable bonds is 2. The molecule has 0 unspecified atom stereocenters. The molecule has 1 aromatic carbocycles. The van der Waals surface area contributed by atoms with Gasteiger partial charge in [0.05, 0.1) is 16.6 Å². The first-order chi connectivity index (χ1) is 10.9. The molecule has 0 radical (unpaired) electrons. The van der Waals surface area contributed by atoms with Crippen LogP contribution in [0.2, 0.25) is 0 Å². The van der Waals surface area contributed by atoms with Crippen molar-refractivity contribution in [3.8, 4) is 0 Å². The monoisotopic (exact) mass is 318 g/mol. The Labute approximate surface area is 130 Å². The van der Waals surface area contributed by atoms with E-state index in [2.05, 4.69) is 15.6 Å². The van der Waals surface area contributed by atoms with E-state index in [1.165, 1.54) is 16.7 Å². The zero-order chi connectivity index (χ0) is 16.7. The summed E-state index contributed by atoms with van der Waals surface area (Å²) in [5, 5.41) is 5.21. The summed E-state index contributed by atoms with van der Waals surface area (Å²) in [4.78, 5) is 40.5. The summed E-state index contributed by atoms with van der Waals surface area (Å²) >= 11 is 0. The second kappa shape index (κ2) is 5.45. The SMILES string of the molecule is CNc1cc(F)cc2nc(C)n([C@H]3CCC(=O)NC3=O)c(=O)c12. The molecule has 8 heteroatoms. The molecule has 1 saturated heterocycles. The number of hydrogen-bond donors (Lipinski definition) is 2. The minimum Gasteiger partial charge on any atom is -0.387 e. The molecule has 0 bridgehead atoms. The van der Waals surface area contributed by atoms with Crippen LogP contribution in [-0.2, 0) is 9.59 Å². The number of halogens is 1. The molecule has 120 valence electrons. The third-order valence-electron chi connectivity index (χ3n) is 3.94. The summed E-state index contributed by atoms with van der Waals surface area (Å²) in [6.07, 6.45) is 0.386. The topological polar surface area (TPSA) is 93.1 Å². The van der Waals surface area contributed by atoms with Gasteiger partial charge in [-0.25, -0.2) is 9.37 Å². The molecule has 2 heterocycles. The first-order valence-corrected chi connectivity index (χ1v) is 7.16. The fourth-order valence-electron chi connectivity index (χ4n) is 2.89. The van der Waals surface area contributed by atoms with E-state index in [0.29, 0.717) is 11.5 Å². The zero-order valence-electron chi connectivity index (χ0n) is 12.6. The summed E-state index contributed by atoms with van der Waals surface area (Å²) in [7, 11) is 1.57. The number of fused-ring (bicyclic) bond motifs is 1. The summed E-state index contributed by atoms with van der Waals surface area (Å²) in [5.41, 5.74) is 0.0882. The fourth-order valence-corrected chi connectivity index (χ4v) is 2.89. The molecule has 1 fully saturated rings. The molecule has 2 amide bonds. The van der Waals surface area contributed by atoms with E-state index in [-0.39, 0.29) is 29.7 Å². The van der Waals surface area contributed by atoms with Crippen molar-refractivity contribution in [2.45, 2.75) is 25.8 Å². The van der Waals surface area contributed by atoms with Gasteiger partial charge in [-0.2, -0.15) is 0 Å². The molecule has 3 rings (SSSR count). The quantitative estimate of drug-likeness (QED) is 0.801. The molecule has 23 heavy (non-hydrogen) atoms. The van der Waals surface area contributed by atoms with Gasteiger partial charge in [-0.1, -0.05) is 0 Å². The first-order valence-electron chi connectivity index (χ1n) is 7.16. The third-order valence-corrected chi connectivity index (χ3v) is 3.94. The van der Waals surface area contributed by atoms with Crippen molar-refractivity contribution in [2.75, 3.05) is 12.4 Å². The number of imide groups is 1. The average Bonchev–Trinajstić information content (AvgIpc) is 2.47. The van der Waals surface area contributed by atoms with Crippen molar-refractivity contribution in [3.05, 3.63) is 34.1 Å². The maximum atomic E-state index is 13.6. The minimum absolute atomic E-state index is 0.155. The highest BCUT2D eigenvalue weighted by atomic mass is 19.1. The van der Waals surface area contributed by atoms with Crippen LogP contribution < -0.4 is 16.2 Å². The summed E-state index contributed by atoms with van der Waals surface area (Å²) < 4.78 is 14.9. The van der Waals surface area contributed by atoms with Gasteiger partial charge in [-0.3, -0.25) is 24.3 Å². The number of anilines is 1. The lowest BCUT2D eigenvalue weighted by molar-refractivity contribution is -0.135. The largest absolute Gasteiger partial charge is 0.387 e. The van der Waals surface area contributed by atoms with Crippen molar-refractivity contribution >= 4 is 28.4 Å². The number of aromatic nitrogens is 2. The van der Waals surface area contributed by atoms with Crippen LogP contribution in [0.5, 0.6) is 0 Å². The van der Waals surface area contributed by atoms with Crippen LogP contribution in [0.4, 0.5) is 10.1 Å². The second-order valence-electron chi connectivity index (χ2n) is 5.40. The smallest absolute Gasteiger partial charge is 0.264 e. The molecule has 2 N–H and O–H groups in total. The average molecular weight is 318 g/mol. The molecular weight excluding hydrogens is 303 g/mol. The number of benzene rings is 1. The molecule has 0 spiro atoms. The lowest BCUT2D eigenvalue weighted by atomic mass is 10.1.